The number of carbonyl (C=O) groups is 2. The predicted octanol–water partition coefficient (Wildman–Crippen LogP) is -0.0623. The molecule has 0 aliphatic rings. The second-order valence-electron chi connectivity index (χ2n) is 4.06. The van der Waals surface area contributed by atoms with Crippen LogP contribution in [0.5, 0.6) is 0 Å². The molecule has 0 aromatic carbocycles. The maximum absolute atomic E-state index is 11.5. The number of nitrogens with zero attached hydrogens (tertiary/aromatic N) is 2. The molecule has 0 aliphatic heterocycles. The van der Waals surface area contributed by atoms with Crippen LogP contribution in [-0.2, 0) is 15.3 Å². The van der Waals surface area contributed by atoms with Gasteiger partial charge in [0.05, 0.1) is 5.69 Å². The van der Waals surface area contributed by atoms with Crippen LogP contribution in [0.25, 0.3) is 0 Å². The van der Waals surface area contributed by atoms with Crippen LogP contribution in [-0.4, -0.2) is 22.2 Å². The summed E-state index contributed by atoms with van der Waals surface area (Å²) in [6.07, 6.45) is 1.54. The van der Waals surface area contributed by atoms with E-state index in [-0.39, 0.29) is 12.1 Å². The Morgan fingerprint density at radius 1 is 1.19 bits per heavy atom. The zero-order chi connectivity index (χ0) is 15.9. The van der Waals surface area contributed by atoms with Crippen molar-refractivity contribution in [3.63, 3.8) is 0 Å². The first-order chi connectivity index (χ1) is 9.99. The zero-order valence-corrected chi connectivity index (χ0v) is 11.8. The van der Waals surface area contributed by atoms with E-state index >= 15 is 0 Å². The van der Waals surface area contributed by atoms with Crippen molar-refractivity contribution in [3.05, 3.63) is 23.8 Å². The molecule has 116 valence electrons. The maximum atomic E-state index is 11.5. The Kier molecular flexibility index (Phi) is 5.81. The summed E-state index contributed by atoms with van der Waals surface area (Å²) in [5.74, 6) is 8.25. The van der Waals surface area contributed by atoms with E-state index in [9.17, 15) is 9.59 Å². The Bertz CT molecular complexity index is 491. The Morgan fingerprint density at radius 2 is 1.71 bits per heavy atom. The summed E-state index contributed by atoms with van der Waals surface area (Å²) < 4.78 is 10.3. The standard InChI is InChI=1S/C11H18N6O4/c1-3-4-11(20-9(18)16-12,21-10(19)17-13)8-7(2)14-5-6-15-8/h5-6H,3-4,12-13H2,1-2H3,(H,16,18)(H,17,19). The lowest BCUT2D eigenvalue weighted by Gasteiger charge is -2.31. The van der Waals surface area contributed by atoms with E-state index in [2.05, 4.69) is 9.97 Å². The summed E-state index contributed by atoms with van der Waals surface area (Å²) in [7, 11) is 0. The number of carbonyl (C=O) groups excluding carboxylic acids is 2. The third-order valence-corrected chi connectivity index (χ3v) is 2.57. The fraction of sp³-hybridized carbons (Fsp3) is 0.455. The molecule has 1 aromatic rings. The first-order valence-corrected chi connectivity index (χ1v) is 6.16. The third-order valence-electron chi connectivity index (χ3n) is 2.57. The van der Waals surface area contributed by atoms with Crippen LogP contribution in [0.2, 0.25) is 0 Å². The lowest BCUT2D eigenvalue weighted by atomic mass is 10.0. The van der Waals surface area contributed by atoms with E-state index < -0.39 is 18.0 Å². The van der Waals surface area contributed by atoms with Crippen molar-refractivity contribution in [2.75, 3.05) is 0 Å². The monoisotopic (exact) mass is 298 g/mol. The van der Waals surface area contributed by atoms with Crippen LogP contribution in [0.1, 0.15) is 31.2 Å². The number of aromatic nitrogens is 2. The largest absolute Gasteiger partial charge is 0.425 e. The first kappa shape index (κ1) is 16.6. The van der Waals surface area contributed by atoms with E-state index in [1.54, 1.807) is 17.8 Å². The third kappa shape index (κ3) is 4.00. The van der Waals surface area contributed by atoms with Gasteiger partial charge >= 0.3 is 18.0 Å². The first-order valence-electron chi connectivity index (χ1n) is 6.16. The molecule has 2 amide bonds. The minimum absolute atomic E-state index is 0.146. The van der Waals surface area contributed by atoms with Gasteiger partial charge in [-0.25, -0.2) is 26.3 Å². The lowest BCUT2D eigenvalue weighted by Crippen LogP contribution is -2.46. The van der Waals surface area contributed by atoms with Crippen molar-refractivity contribution in [2.24, 2.45) is 11.7 Å². The van der Waals surface area contributed by atoms with Crippen LogP contribution >= 0.6 is 0 Å². The van der Waals surface area contributed by atoms with Gasteiger partial charge in [0.2, 0.25) is 0 Å². The van der Waals surface area contributed by atoms with Crippen molar-refractivity contribution in [1.82, 2.24) is 20.8 Å². The molecule has 1 rings (SSSR count). The van der Waals surface area contributed by atoms with Gasteiger partial charge in [-0.1, -0.05) is 6.92 Å². The highest BCUT2D eigenvalue weighted by atomic mass is 16.7. The van der Waals surface area contributed by atoms with Gasteiger partial charge in [0, 0.05) is 18.8 Å². The van der Waals surface area contributed by atoms with Gasteiger partial charge in [-0.15, -0.1) is 0 Å². The molecule has 0 bridgehead atoms. The second kappa shape index (κ2) is 7.36. The van der Waals surface area contributed by atoms with E-state index in [0.717, 1.165) is 0 Å². The molecule has 6 N–H and O–H groups in total. The van der Waals surface area contributed by atoms with Gasteiger partial charge in [0.15, 0.2) is 0 Å². The summed E-state index contributed by atoms with van der Waals surface area (Å²) >= 11 is 0. The van der Waals surface area contributed by atoms with Crippen LogP contribution < -0.4 is 22.5 Å². The predicted molar refractivity (Wildman–Crippen MR) is 71.0 cm³/mol. The average Bonchev–Trinajstić information content (AvgIpc) is 2.47. The molecule has 1 aromatic heterocycles. The topological polar surface area (TPSA) is 154 Å². The minimum atomic E-state index is -1.78. The van der Waals surface area contributed by atoms with E-state index in [4.69, 9.17) is 21.2 Å². The molecule has 0 saturated carbocycles. The fourth-order valence-electron chi connectivity index (χ4n) is 1.81. The second-order valence-corrected chi connectivity index (χ2v) is 4.06. The van der Waals surface area contributed by atoms with Crippen molar-refractivity contribution >= 4 is 12.2 Å². The molecule has 0 unspecified atom stereocenters. The molecule has 0 fully saturated rings. The van der Waals surface area contributed by atoms with Gasteiger partial charge in [-0.3, -0.25) is 15.8 Å². The SMILES string of the molecule is CCCC(OC(=O)NN)(OC(=O)NN)c1nccnc1C. The minimum Gasteiger partial charge on any atom is -0.399 e. The fourth-order valence-corrected chi connectivity index (χ4v) is 1.81. The van der Waals surface area contributed by atoms with Gasteiger partial charge in [0.1, 0.15) is 5.69 Å². The van der Waals surface area contributed by atoms with Crippen LogP contribution in [0, 0.1) is 6.92 Å². The Hall–Kier alpha value is -2.46. The number of rotatable bonds is 5. The van der Waals surface area contributed by atoms with Gasteiger partial charge < -0.3 is 9.47 Å². The van der Waals surface area contributed by atoms with Gasteiger partial charge in [-0.2, -0.15) is 0 Å². The van der Waals surface area contributed by atoms with Crippen LogP contribution in [0.3, 0.4) is 0 Å². The van der Waals surface area contributed by atoms with Crippen LogP contribution in [0.15, 0.2) is 12.4 Å². The summed E-state index contributed by atoms with van der Waals surface area (Å²) in [6, 6.07) is 0. The van der Waals surface area contributed by atoms with Crippen LogP contribution in [0.4, 0.5) is 9.59 Å². The molecule has 21 heavy (non-hydrogen) atoms. The number of nitrogens with two attached hydrogens (primary N) is 2. The van der Waals surface area contributed by atoms with Crippen molar-refractivity contribution in [2.45, 2.75) is 32.5 Å². The molecular weight excluding hydrogens is 280 g/mol. The lowest BCUT2D eigenvalue weighted by molar-refractivity contribution is -0.179. The van der Waals surface area contributed by atoms with E-state index in [1.807, 2.05) is 6.92 Å². The Morgan fingerprint density at radius 3 is 2.14 bits per heavy atom. The molecule has 0 spiro atoms. The zero-order valence-electron chi connectivity index (χ0n) is 11.8. The molecular formula is C11H18N6O4. The summed E-state index contributed by atoms with van der Waals surface area (Å²) in [4.78, 5) is 31.1. The summed E-state index contributed by atoms with van der Waals surface area (Å²) in [5.41, 5.74) is 4.22. The van der Waals surface area contributed by atoms with Crippen molar-refractivity contribution in [3.8, 4) is 0 Å². The highest BCUT2D eigenvalue weighted by Gasteiger charge is 2.43. The number of aryl methyl sites for hydroxylation is 1. The molecule has 0 radical (unpaired) electrons. The molecule has 10 heteroatoms. The highest BCUT2D eigenvalue weighted by Crippen LogP contribution is 2.32. The number of amides is 2. The number of hydrazine groups is 2. The number of ether oxygens (including phenoxy) is 2. The normalized spacial score (nSPS) is 10.7. The molecule has 0 aliphatic carbocycles. The highest BCUT2D eigenvalue weighted by molar-refractivity contribution is 5.69. The number of hydrogen-bond acceptors (Lipinski definition) is 8. The van der Waals surface area contributed by atoms with E-state index in [0.29, 0.717) is 12.1 Å². The Balaban J connectivity index is 3.31. The van der Waals surface area contributed by atoms with Gasteiger partial charge in [0.25, 0.3) is 0 Å². The summed E-state index contributed by atoms with van der Waals surface area (Å²) in [5, 5.41) is 0. The quantitative estimate of drug-likeness (QED) is 0.255. The van der Waals surface area contributed by atoms with Crippen molar-refractivity contribution in [1.29, 1.82) is 0 Å². The average molecular weight is 298 g/mol. The number of hydrogen-bond donors (Lipinski definition) is 4. The van der Waals surface area contributed by atoms with Gasteiger partial charge in [-0.05, 0) is 13.3 Å². The van der Waals surface area contributed by atoms with E-state index in [1.165, 1.54) is 12.4 Å². The Labute approximate surface area is 121 Å². The number of nitrogens with one attached hydrogen (secondary N) is 2. The molecule has 10 nitrogen and oxygen atoms in total. The van der Waals surface area contributed by atoms with Crippen molar-refractivity contribution < 1.29 is 19.1 Å². The summed E-state index contributed by atoms with van der Waals surface area (Å²) in [6.45, 7) is 3.45. The maximum Gasteiger partial charge on any atom is 0.425 e. The molecule has 0 atom stereocenters. The smallest absolute Gasteiger partial charge is 0.399 e. The molecule has 1 heterocycles. The molecule has 0 saturated heterocycles.